The Morgan fingerprint density at radius 3 is 2.39 bits per heavy atom. The maximum absolute atomic E-state index is 12.6. The van der Waals surface area contributed by atoms with E-state index in [1.165, 1.54) is 11.1 Å². The molecular formula is C25H30N4O2. The van der Waals surface area contributed by atoms with E-state index in [2.05, 4.69) is 65.4 Å². The molecule has 1 amide bonds. The third-order valence-corrected chi connectivity index (χ3v) is 6.02. The number of carbonyl (C=O) groups is 1. The number of hydrogen-bond donors (Lipinski definition) is 1. The van der Waals surface area contributed by atoms with Crippen LogP contribution >= 0.6 is 0 Å². The van der Waals surface area contributed by atoms with E-state index >= 15 is 0 Å². The summed E-state index contributed by atoms with van der Waals surface area (Å²) in [7, 11) is 0. The molecule has 6 heteroatoms. The number of hydrogen-bond acceptors (Lipinski definition) is 5. The zero-order valence-electron chi connectivity index (χ0n) is 18.5. The van der Waals surface area contributed by atoms with Gasteiger partial charge in [0, 0.05) is 30.3 Å². The molecule has 0 bridgehead atoms. The van der Waals surface area contributed by atoms with Crippen LogP contribution in [0.25, 0.3) is 11.4 Å². The molecule has 0 spiro atoms. The molecule has 2 aromatic carbocycles. The van der Waals surface area contributed by atoms with E-state index in [0.717, 1.165) is 43.6 Å². The van der Waals surface area contributed by atoms with E-state index in [9.17, 15) is 4.79 Å². The van der Waals surface area contributed by atoms with Gasteiger partial charge >= 0.3 is 6.01 Å². The lowest BCUT2D eigenvalue weighted by molar-refractivity contribution is -0.120. The lowest BCUT2D eigenvalue weighted by atomic mass is 9.96. The van der Waals surface area contributed by atoms with Crippen molar-refractivity contribution in [3.05, 3.63) is 59.7 Å². The van der Waals surface area contributed by atoms with E-state index in [4.69, 9.17) is 4.52 Å². The van der Waals surface area contributed by atoms with Crippen LogP contribution in [0.1, 0.15) is 50.7 Å². The van der Waals surface area contributed by atoms with Gasteiger partial charge in [0.2, 0.25) is 11.7 Å². The summed E-state index contributed by atoms with van der Waals surface area (Å²) in [6, 6.07) is 16.9. The van der Waals surface area contributed by atoms with Gasteiger partial charge in [-0.1, -0.05) is 62.3 Å². The van der Waals surface area contributed by atoms with Crippen molar-refractivity contribution in [2.75, 3.05) is 23.3 Å². The van der Waals surface area contributed by atoms with Gasteiger partial charge in [0.15, 0.2) is 0 Å². The molecule has 1 fully saturated rings. The van der Waals surface area contributed by atoms with Crippen LogP contribution < -0.4 is 10.2 Å². The summed E-state index contributed by atoms with van der Waals surface area (Å²) in [5.74, 6) is 1.17. The second-order valence-electron chi connectivity index (χ2n) is 8.48. The number of anilines is 2. The van der Waals surface area contributed by atoms with Gasteiger partial charge in [-0.15, -0.1) is 0 Å². The largest absolute Gasteiger partial charge is 0.326 e. The number of benzene rings is 2. The molecule has 0 radical (unpaired) electrons. The molecule has 1 aromatic heterocycles. The maximum Gasteiger partial charge on any atom is 0.324 e. The van der Waals surface area contributed by atoms with Crippen molar-refractivity contribution in [1.82, 2.24) is 10.1 Å². The van der Waals surface area contributed by atoms with Gasteiger partial charge < -0.3 is 14.7 Å². The highest BCUT2D eigenvalue weighted by molar-refractivity contribution is 5.92. The molecule has 31 heavy (non-hydrogen) atoms. The Morgan fingerprint density at radius 1 is 1.10 bits per heavy atom. The number of nitrogens with zero attached hydrogens (tertiary/aromatic N) is 3. The summed E-state index contributed by atoms with van der Waals surface area (Å²) in [5, 5.41) is 7.20. The van der Waals surface area contributed by atoms with E-state index in [0.29, 0.717) is 17.8 Å². The molecule has 1 N–H and O–H groups in total. The molecule has 1 saturated heterocycles. The van der Waals surface area contributed by atoms with E-state index < -0.39 is 0 Å². The molecule has 3 aromatic rings. The standard InChI is InChI=1S/C25H30N4O2/c1-4-18-5-11-22(12-6-18)26-24(30)21-13-15-29(16-14-21)25-27-23(28-31-25)20-9-7-19(8-10-20)17(2)3/h5-12,17,21H,4,13-16H2,1-3H3,(H,26,30). The molecule has 1 aliphatic rings. The second kappa shape index (κ2) is 9.33. The number of amides is 1. The number of rotatable bonds is 6. The summed E-state index contributed by atoms with van der Waals surface area (Å²) in [5.41, 5.74) is 4.35. The minimum atomic E-state index is -0.00642. The Labute approximate surface area is 183 Å². The van der Waals surface area contributed by atoms with Crippen LogP contribution in [0.5, 0.6) is 0 Å². The van der Waals surface area contributed by atoms with Gasteiger partial charge in [-0.3, -0.25) is 4.79 Å². The highest BCUT2D eigenvalue weighted by Gasteiger charge is 2.27. The van der Waals surface area contributed by atoms with Gasteiger partial charge in [0.1, 0.15) is 0 Å². The fraction of sp³-hybridized carbons (Fsp3) is 0.400. The highest BCUT2D eigenvalue weighted by Crippen LogP contribution is 2.26. The summed E-state index contributed by atoms with van der Waals surface area (Å²) >= 11 is 0. The zero-order valence-corrected chi connectivity index (χ0v) is 18.5. The van der Waals surface area contributed by atoms with Crippen LogP contribution in [0.2, 0.25) is 0 Å². The summed E-state index contributed by atoms with van der Waals surface area (Å²) in [4.78, 5) is 19.3. The fourth-order valence-electron chi connectivity index (χ4n) is 3.88. The molecule has 2 heterocycles. The van der Waals surface area contributed by atoms with Crippen molar-refractivity contribution in [1.29, 1.82) is 0 Å². The van der Waals surface area contributed by atoms with Crippen LogP contribution in [0.3, 0.4) is 0 Å². The number of aromatic nitrogens is 2. The van der Waals surface area contributed by atoms with Crippen LogP contribution in [-0.2, 0) is 11.2 Å². The number of piperidine rings is 1. The van der Waals surface area contributed by atoms with Crippen LogP contribution in [0.4, 0.5) is 11.7 Å². The maximum atomic E-state index is 12.6. The Bertz CT molecular complexity index is 1000. The molecular weight excluding hydrogens is 388 g/mol. The third-order valence-electron chi connectivity index (χ3n) is 6.02. The topological polar surface area (TPSA) is 71.3 Å². The average Bonchev–Trinajstić information content (AvgIpc) is 3.30. The zero-order chi connectivity index (χ0) is 21.8. The predicted molar refractivity (Wildman–Crippen MR) is 123 cm³/mol. The molecule has 6 nitrogen and oxygen atoms in total. The normalized spacial score (nSPS) is 14.8. The van der Waals surface area contributed by atoms with Crippen molar-refractivity contribution >= 4 is 17.6 Å². The highest BCUT2D eigenvalue weighted by atomic mass is 16.5. The average molecular weight is 419 g/mol. The van der Waals surface area contributed by atoms with E-state index in [1.54, 1.807) is 0 Å². The van der Waals surface area contributed by atoms with Crippen LogP contribution in [0, 0.1) is 5.92 Å². The molecule has 0 atom stereocenters. The van der Waals surface area contributed by atoms with Crippen molar-refractivity contribution in [2.45, 2.75) is 46.0 Å². The van der Waals surface area contributed by atoms with E-state index in [-0.39, 0.29) is 11.8 Å². The van der Waals surface area contributed by atoms with Gasteiger partial charge in [0.05, 0.1) is 0 Å². The lowest BCUT2D eigenvalue weighted by Gasteiger charge is -2.29. The molecule has 162 valence electrons. The smallest absolute Gasteiger partial charge is 0.324 e. The first-order chi connectivity index (χ1) is 15.0. The second-order valence-corrected chi connectivity index (χ2v) is 8.48. The van der Waals surface area contributed by atoms with Gasteiger partial charge in [-0.05, 0) is 48.4 Å². The lowest BCUT2D eigenvalue weighted by Crippen LogP contribution is -2.38. The summed E-state index contributed by atoms with van der Waals surface area (Å²) < 4.78 is 5.51. The van der Waals surface area contributed by atoms with Gasteiger partial charge in [-0.2, -0.15) is 4.98 Å². The van der Waals surface area contributed by atoms with Crippen molar-refractivity contribution in [3.8, 4) is 11.4 Å². The Balaban J connectivity index is 1.33. The monoisotopic (exact) mass is 418 g/mol. The molecule has 4 rings (SSSR count). The SMILES string of the molecule is CCc1ccc(NC(=O)C2CCN(c3nc(-c4ccc(C(C)C)cc4)no3)CC2)cc1. The minimum absolute atomic E-state index is 0.00642. The number of carbonyl (C=O) groups excluding carboxylic acids is 1. The number of nitrogens with one attached hydrogen (secondary N) is 1. The molecule has 0 unspecified atom stereocenters. The Kier molecular flexibility index (Phi) is 6.35. The van der Waals surface area contributed by atoms with Crippen molar-refractivity contribution in [2.24, 2.45) is 5.92 Å². The van der Waals surface area contributed by atoms with Gasteiger partial charge in [0.25, 0.3) is 0 Å². The van der Waals surface area contributed by atoms with Crippen molar-refractivity contribution < 1.29 is 9.32 Å². The summed E-state index contributed by atoms with van der Waals surface area (Å²) in [6.45, 7) is 7.92. The van der Waals surface area contributed by atoms with E-state index in [1.807, 2.05) is 24.3 Å². The minimum Gasteiger partial charge on any atom is -0.326 e. The van der Waals surface area contributed by atoms with Gasteiger partial charge in [-0.25, -0.2) is 0 Å². The Hall–Kier alpha value is -3.15. The Morgan fingerprint density at radius 2 is 1.77 bits per heavy atom. The van der Waals surface area contributed by atoms with Crippen molar-refractivity contribution in [3.63, 3.8) is 0 Å². The third kappa shape index (κ3) is 4.95. The first kappa shape index (κ1) is 21.1. The number of aryl methyl sites for hydroxylation is 1. The van der Waals surface area contributed by atoms with Crippen LogP contribution in [0.15, 0.2) is 53.1 Å². The molecule has 0 saturated carbocycles. The van der Waals surface area contributed by atoms with Crippen LogP contribution in [-0.4, -0.2) is 29.1 Å². The first-order valence-electron chi connectivity index (χ1n) is 11.1. The summed E-state index contributed by atoms with van der Waals surface area (Å²) in [6.07, 6.45) is 2.52. The molecule has 0 aliphatic carbocycles. The quantitative estimate of drug-likeness (QED) is 0.590. The fourth-order valence-corrected chi connectivity index (χ4v) is 3.88. The first-order valence-corrected chi connectivity index (χ1v) is 11.1. The predicted octanol–water partition coefficient (Wildman–Crippen LogP) is 5.28. The molecule has 1 aliphatic heterocycles.